The van der Waals surface area contributed by atoms with Crippen LogP contribution in [0.15, 0.2) is 41.8 Å². The first-order valence-corrected chi connectivity index (χ1v) is 7.97. The minimum Gasteiger partial charge on any atom is -0.494 e. The Labute approximate surface area is 136 Å². The molecule has 2 aromatic heterocycles. The topological polar surface area (TPSA) is 81.9 Å². The summed E-state index contributed by atoms with van der Waals surface area (Å²) in [4.78, 5) is 14.2. The Hall–Kier alpha value is -2.74. The Kier molecular flexibility index (Phi) is 4.62. The minimum atomic E-state index is -0.218. The molecule has 0 atom stereocenters. The summed E-state index contributed by atoms with van der Waals surface area (Å²) >= 11 is 1.53. The number of hydrogen-bond acceptors (Lipinski definition) is 6. The van der Waals surface area contributed by atoms with Crippen molar-refractivity contribution in [3.8, 4) is 16.5 Å². The summed E-state index contributed by atoms with van der Waals surface area (Å²) in [6.45, 7) is 2.53. The van der Waals surface area contributed by atoms with Crippen LogP contribution in [0.3, 0.4) is 0 Å². The molecule has 0 unspecified atom stereocenters. The minimum absolute atomic E-state index is 0.00554. The van der Waals surface area contributed by atoms with Crippen LogP contribution in [0.1, 0.15) is 6.92 Å². The zero-order valence-corrected chi connectivity index (χ0v) is 13.3. The number of rotatable bonds is 6. The highest BCUT2D eigenvalue weighted by molar-refractivity contribution is 7.13. The molecule has 0 saturated carbocycles. The van der Waals surface area contributed by atoms with Crippen LogP contribution in [0.25, 0.3) is 10.7 Å². The van der Waals surface area contributed by atoms with E-state index in [1.54, 1.807) is 12.1 Å². The second-order valence-electron chi connectivity index (χ2n) is 4.63. The van der Waals surface area contributed by atoms with Crippen molar-refractivity contribution in [2.75, 3.05) is 11.9 Å². The summed E-state index contributed by atoms with van der Waals surface area (Å²) in [6, 6.07) is 11.0. The molecule has 0 bridgehead atoms. The van der Waals surface area contributed by atoms with Gasteiger partial charge in [-0.1, -0.05) is 6.07 Å². The molecule has 0 saturated heterocycles. The predicted octanol–water partition coefficient (Wildman–Crippen LogP) is 2.44. The highest BCUT2D eigenvalue weighted by atomic mass is 32.1. The van der Waals surface area contributed by atoms with Gasteiger partial charge in [0.1, 0.15) is 12.3 Å². The van der Waals surface area contributed by atoms with Crippen LogP contribution in [0, 0.1) is 0 Å². The second kappa shape index (κ2) is 7.01. The highest BCUT2D eigenvalue weighted by Crippen LogP contribution is 2.19. The van der Waals surface area contributed by atoms with Crippen molar-refractivity contribution in [2.24, 2.45) is 0 Å². The van der Waals surface area contributed by atoms with Crippen molar-refractivity contribution in [3.05, 3.63) is 41.8 Å². The Morgan fingerprint density at radius 2 is 2.13 bits per heavy atom. The fraction of sp³-hybridized carbons (Fsp3) is 0.200. The van der Waals surface area contributed by atoms with Gasteiger partial charge in [-0.25, -0.2) is 0 Å². The first kappa shape index (κ1) is 15.2. The summed E-state index contributed by atoms with van der Waals surface area (Å²) in [5, 5.41) is 16.8. The molecule has 0 aliphatic carbocycles. The normalized spacial score (nSPS) is 10.5. The van der Waals surface area contributed by atoms with E-state index < -0.39 is 0 Å². The molecule has 3 rings (SSSR count). The van der Waals surface area contributed by atoms with E-state index in [1.165, 1.54) is 16.1 Å². The number of anilines is 1. The van der Waals surface area contributed by atoms with Crippen LogP contribution in [0.2, 0.25) is 0 Å². The fourth-order valence-corrected chi connectivity index (χ4v) is 2.59. The standard InChI is InChI=1S/C15H15N5O2S/c1-2-22-12-7-5-11(6-8-12)16-14(21)10-20-18-15(17-19-20)13-4-3-9-23-13/h3-9H,2,10H2,1H3,(H,16,21). The Morgan fingerprint density at radius 3 is 2.83 bits per heavy atom. The molecule has 3 aromatic rings. The monoisotopic (exact) mass is 329 g/mol. The van der Waals surface area contributed by atoms with E-state index >= 15 is 0 Å². The number of ether oxygens (including phenoxy) is 1. The molecule has 0 spiro atoms. The predicted molar refractivity (Wildman–Crippen MR) is 87.4 cm³/mol. The largest absolute Gasteiger partial charge is 0.494 e. The second-order valence-corrected chi connectivity index (χ2v) is 5.57. The van der Waals surface area contributed by atoms with Gasteiger partial charge in [0.25, 0.3) is 0 Å². The van der Waals surface area contributed by atoms with Gasteiger partial charge in [0.15, 0.2) is 0 Å². The van der Waals surface area contributed by atoms with Crippen molar-refractivity contribution < 1.29 is 9.53 Å². The van der Waals surface area contributed by atoms with E-state index in [2.05, 4.69) is 20.7 Å². The lowest BCUT2D eigenvalue weighted by Gasteiger charge is -2.06. The Bertz CT molecular complexity index is 768. The van der Waals surface area contributed by atoms with E-state index in [-0.39, 0.29) is 12.5 Å². The number of aromatic nitrogens is 4. The van der Waals surface area contributed by atoms with Gasteiger partial charge < -0.3 is 10.1 Å². The van der Waals surface area contributed by atoms with Crippen molar-refractivity contribution >= 4 is 22.9 Å². The highest BCUT2D eigenvalue weighted by Gasteiger charge is 2.10. The maximum absolute atomic E-state index is 12.0. The lowest BCUT2D eigenvalue weighted by atomic mass is 10.3. The number of tetrazole rings is 1. The molecular weight excluding hydrogens is 314 g/mol. The van der Waals surface area contributed by atoms with E-state index in [4.69, 9.17) is 4.74 Å². The number of hydrogen-bond donors (Lipinski definition) is 1. The zero-order chi connectivity index (χ0) is 16.1. The van der Waals surface area contributed by atoms with E-state index in [9.17, 15) is 4.79 Å². The van der Waals surface area contributed by atoms with Crippen LogP contribution in [-0.4, -0.2) is 32.7 Å². The summed E-state index contributed by atoms with van der Waals surface area (Å²) in [5.74, 6) is 1.07. The van der Waals surface area contributed by atoms with Gasteiger partial charge in [0.2, 0.25) is 11.7 Å². The Morgan fingerprint density at radius 1 is 1.30 bits per heavy atom. The van der Waals surface area contributed by atoms with Crippen LogP contribution in [0.5, 0.6) is 5.75 Å². The molecule has 0 aliphatic heterocycles. The van der Waals surface area contributed by atoms with Gasteiger partial charge in [0, 0.05) is 5.69 Å². The third kappa shape index (κ3) is 3.92. The molecule has 2 heterocycles. The third-order valence-corrected chi connectivity index (χ3v) is 3.79. The van der Waals surface area contributed by atoms with E-state index in [0.717, 1.165) is 10.6 Å². The molecular formula is C15H15N5O2S. The summed E-state index contributed by atoms with van der Waals surface area (Å²) in [6.07, 6.45) is 0. The van der Waals surface area contributed by atoms with Crippen molar-refractivity contribution in [1.82, 2.24) is 20.2 Å². The quantitative estimate of drug-likeness (QED) is 0.751. The van der Waals surface area contributed by atoms with Gasteiger partial charge in [-0.3, -0.25) is 4.79 Å². The summed E-state index contributed by atoms with van der Waals surface area (Å²) < 4.78 is 5.36. The number of nitrogens with zero attached hydrogens (tertiary/aromatic N) is 4. The molecule has 0 radical (unpaired) electrons. The number of carbonyl (C=O) groups is 1. The maximum atomic E-state index is 12.0. The van der Waals surface area contributed by atoms with Crippen molar-refractivity contribution in [3.63, 3.8) is 0 Å². The molecule has 118 valence electrons. The average Bonchev–Trinajstić information content (AvgIpc) is 3.20. The van der Waals surface area contributed by atoms with Crippen molar-refractivity contribution in [1.29, 1.82) is 0 Å². The van der Waals surface area contributed by atoms with Gasteiger partial charge >= 0.3 is 0 Å². The van der Waals surface area contributed by atoms with E-state index in [0.29, 0.717) is 18.1 Å². The van der Waals surface area contributed by atoms with Gasteiger partial charge in [-0.05, 0) is 47.8 Å². The first-order valence-electron chi connectivity index (χ1n) is 7.09. The number of amides is 1. The Balaban J connectivity index is 1.59. The third-order valence-electron chi connectivity index (χ3n) is 2.93. The first-order chi connectivity index (χ1) is 11.2. The molecule has 1 amide bonds. The average molecular weight is 329 g/mol. The van der Waals surface area contributed by atoms with Crippen LogP contribution in [-0.2, 0) is 11.3 Å². The van der Waals surface area contributed by atoms with Crippen LogP contribution in [0.4, 0.5) is 5.69 Å². The lowest BCUT2D eigenvalue weighted by Crippen LogP contribution is -2.20. The number of benzene rings is 1. The summed E-state index contributed by atoms with van der Waals surface area (Å²) in [5.41, 5.74) is 0.692. The van der Waals surface area contributed by atoms with Crippen LogP contribution >= 0.6 is 11.3 Å². The molecule has 23 heavy (non-hydrogen) atoms. The number of carbonyl (C=O) groups excluding carboxylic acids is 1. The molecule has 0 aliphatic rings. The van der Waals surface area contributed by atoms with Gasteiger partial charge in [0.05, 0.1) is 11.5 Å². The fourth-order valence-electron chi connectivity index (χ4n) is 1.94. The van der Waals surface area contributed by atoms with Crippen molar-refractivity contribution in [2.45, 2.75) is 13.5 Å². The molecule has 0 fully saturated rings. The number of thiophene rings is 1. The maximum Gasteiger partial charge on any atom is 0.248 e. The number of nitrogens with one attached hydrogen (secondary N) is 1. The van der Waals surface area contributed by atoms with Gasteiger partial charge in [-0.15, -0.1) is 21.5 Å². The van der Waals surface area contributed by atoms with E-state index in [1.807, 2.05) is 36.6 Å². The molecule has 1 N–H and O–H groups in total. The van der Waals surface area contributed by atoms with Crippen LogP contribution < -0.4 is 10.1 Å². The lowest BCUT2D eigenvalue weighted by molar-refractivity contribution is -0.117. The van der Waals surface area contributed by atoms with Gasteiger partial charge in [-0.2, -0.15) is 4.80 Å². The molecule has 8 heteroatoms. The molecule has 1 aromatic carbocycles. The zero-order valence-electron chi connectivity index (χ0n) is 12.5. The molecule has 7 nitrogen and oxygen atoms in total. The summed E-state index contributed by atoms with van der Waals surface area (Å²) in [7, 11) is 0. The smallest absolute Gasteiger partial charge is 0.248 e. The SMILES string of the molecule is CCOc1ccc(NC(=O)Cn2nnc(-c3cccs3)n2)cc1.